The van der Waals surface area contributed by atoms with Gasteiger partial charge in [0, 0.05) is 18.5 Å². The average molecular weight is 421 g/mol. The summed E-state index contributed by atoms with van der Waals surface area (Å²) in [4.78, 5) is 24.4. The highest BCUT2D eigenvalue weighted by Gasteiger charge is 2.30. The number of aromatic nitrogens is 4. The zero-order valence-electron chi connectivity index (χ0n) is 15.8. The van der Waals surface area contributed by atoms with Gasteiger partial charge in [0.05, 0.1) is 12.1 Å². The van der Waals surface area contributed by atoms with E-state index in [1.165, 1.54) is 35.9 Å². The molecule has 3 rings (SSSR count). The Bertz CT molecular complexity index is 1060. The Morgan fingerprint density at radius 1 is 1.23 bits per heavy atom. The van der Waals surface area contributed by atoms with Gasteiger partial charge in [-0.15, -0.1) is 5.10 Å². The topological polar surface area (TPSA) is 91.0 Å². The number of rotatable bonds is 7. The second-order valence-electron chi connectivity index (χ2n) is 6.27. The standard InChI is InChI=1S/C19H18F3N5O3/c1-13(27-17(28)7-6-16(25-27)26-10-3-8-24-26)18(29)23-9-11-30-15-5-2-4-14(12-15)19(20,21)22/h2-8,10,12-13H,9,11H2,1H3,(H,23,29). The number of nitrogens with one attached hydrogen (secondary N) is 1. The first kappa shape index (κ1) is 21.1. The van der Waals surface area contributed by atoms with Crippen LogP contribution in [-0.4, -0.2) is 38.6 Å². The van der Waals surface area contributed by atoms with Gasteiger partial charge in [-0.2, -0.15) is 18.3 Å². The highest BCUT2D eigenvalue weighted by atomic mass is 19.4. The molecule has 8 nitrogen and oxygen atoms in total. The third-order valence-corrected chi connectivity index (χ3v) is 4.13. The molecule has 158 valence electrons. The van der Waals surface area contributed by atoms with E-state index < -0.39 is 29.2 Å². The molecule has 2 heterocycles. The molecular weight excluding hydrogens is 403 g/mol. The highest BCUT2D eigenvalue weighted by Crippen LogP contribution is 2.31. The number of ether oxygens (including phenoxy) is 1. The molecule has 30 heavy (non-hydrogen) atoms. The van der Waals surface area contributed by atoms with Crippen LogP contribution in [0.15, 0.2) is 59.7 Å². The average Bonchev–Trinajstić information content (AvgIpc) is 3.25. The summed E-state index contributed by atoms with van der Waals surface area (Å²) >= 11 is 0. The van der Waals surface area contributed by atoms with Crippen LogP contribution in [-0.2, 0) is 11.0 Å². The maximum absolute atomic E-state index is 12.7. The molecule has 1 amide bonds. The second kappa shape index (κ2) is 8.80. The number of carbonyl (C=O) groups excluding carboxylic acids is 1. The van der Waals surface area contributed by atoms with Gasteiger partial charge in [0.2, 0.25) is 5.91 Å². The smallest absolute Gasteiger partial charge is 0.416 e. The molecule has 0 spiro atoms. The summed E-state index contributed by atoms with van der Waals surface area (Å²) in [7, 11) is 0. The molecule has 0 aliphatic rings. The van der Waals surface area contributed by atoms with Gasteiger partial charge in [-0.1, -0.05) is 6.07 Å². The number of carbonyl (C=O) groups is 1. The van der Waals surface area contributed by atoms with Crippen LogP contribution in [0, 0.1) is 0 Å². The normalized spacial score (nSPS) is 12.4. The molecule has 0 aliphatic heterocycles. The zero-order chi connectivity index (χ0) is 21.7. The summed E-state index contributed by atoms with van der Waals surface area (Å²) in [6.45, 7) is 1.49. The van der Waals surface area contributed by atoms with Gasteiger partial charge < -0.3 is 10.1 Å². The van der Waals surface area contributed by atoms with Crippen molar-refractivity contribution in [3.8, 4) is 11.6 Å². The predicted octanol–water partition coefficient (Wildman–Crippen LogP) is 2.20. The molecule has 1 aromatic carbocycles. The summed E-state index contributed by atoms with van der Waals surface area (Å²) in [5, 5.41) is 10.7. The van der Waals surface area contributed by atoms with Gasteiger partial charge in [0.15, 0.2) is 5.82 Å². The molecule has 2 aromatic heterocycles. The maximum atomic E-state index is 12.7. The Labute approximate surface area is 168 Å². The minimum Gasteiger partial charge on any atom is -0.492 e. The van der Waals surface area contributed by atoms with Crippen LogP contribution in [0.3, 0.4) is 0 Å². The van der Waals surface area contributed by atoms with Crippen LogP contribution in [0.5, 0.6) is 5.75 Å². The number of hydrogen-bond donors (Lipinski definition) is 1. The van der Waals surface area contributed by atoms with Crippen LogP contribution in [0.4, 0.5) is 13.2 Å². The van der Waals surface area contributed by atoms with Crippen LogP contribution < -0.4 is 15.6 Å². The highest BCUT2D eigenvalue weighted by molar-refractivity contribution is 5.79. The minimum absolute atomic E-state index is 0.0347. The number of nitrogens with zero attached hydrogens (tertiary/aromatic N) is 4. The Morgan fingerprint density at radius 2 is 2.03 bits per heavy atom. The molecule has 3 aromatic rings. The Morgan fingerprint density at radius 3 is 2.73 bits per heavy atom. The van der Waals surface area contributed by atoms with Crippen LogP contribution >= 0.6 is 0 Å². The Balaban J connectivity index is 1.57. The molecule has 0 radical (unpaired) electrons. The van der Waals surface area contributed by atoms with Gasteiger partial charge in [-0.3, -0.25) is 9.59 Å². The summed E-state index contributed by atoms with van der Waals surface area (Å²) in [6, 6.07) is 8.00. The first-order chi connectivity index (χ1) is 14.3. The van der Waals surface area contributed by atoms with Crippen LogP contribution in [0.25, 0.3) is 5.82 Å². The fraction of sp³-hybridized carbons (Fsp3) is 0.263. The van der Waals surface area contributed by atoms with E-state index in [1.807, 2.05) is 0 Å². The molecule has 0 aliphatic carbocycles. The summed E-state index contributed by atoms with van der Waals surface area (Å²) in [5.41, 5.74) is -1.28. The van der Waals surface area contributed by atoms with Crippen molar-refractivity contribution in [3.63, 3.8) is 0 Å². The zero-order valence-corrected chi connectivity index (χ0v) is 15.8. The summed E-state index contributed by atoms with van der Waals surface area (Å²) < 4.78 is 45.9. The van der Waals surface area contributed by atoms with Crippen LogP contribution in [0.1, 0.15) is 18.5 Å². The van der Waals surface area contributed by atoms with Gasteiger partial charge in [0.25, 0.3) is 5.56 Å². The molecule has 1 atom stereocenters. The number of halogens is 3. The Kier molecular flexibility index (Phi) is 6.19. The number of amides is 1. The first-order valence-electron chi connectivity index (χ1n) is 8.93. The summed E-state index contributed by atoms with van der Waals surface area (Å²) in [5.74, 6) is -0.0843. The minimum atomic E-state index is -4.46. The van der Waals surface area contributed by atoms with E-state index in [0.29, 0.717) is 5.82 Å². The van der Waals surface area contributed by atoms with Crippen molar-refractivity contribution in [2.75, 3.05) is 13.2 Å². The molecule has 0 bridgehead atoms. The molecule has 0 saturated heterocycles. The van der Waals surface area contributed by atoms with Gasteiger partial charge in [-0.05, 0) is 37.3 Å². The molecule has 0 fully saturated rings. The lowest BCUT2D eigenvalue weighted by atomic mass is 10.2. The van der Waals surface area contributed by atoms with Crippen molar-refractivity contribution in [3.05, 3.63) is 70.8 Å². The fourth-order valence-electron chi connectivity index (χ4n) is 2.58. The van der Waals surface area contributed by atoms with E-state index in [4.69, 9.17) is 4.74 Å². The van der Waals surface area contributed by atoms with E-state index in [-0.39, 0.29) is 18.9 Å². The first-order valence-corrected chi connectivity index (χ1v) is 8.93. The van der Waals surface area contributed by atoms with Crippen molar-refractivity contribution in [2.45, 2.75) is 19.1 Å². The van der Waals surface area contributed by atoms with Crippen LogP contribution in [0.2, 0.25) is 0 Å². The van der Waals surface area contributed by atoms with Gasteiger partial charge >= 0.3 is 6.18 Å². The van der Waals surface area contributed by atoms with Crippen molar-refractivity contribution in [1.82, 2.24) is 24.9 Å². The summed E-state index contributed by atoms with van der Waals surface area (Å²) in [6.07, 6.45) is -1.27. The number of benzene rings is 1. The maximum Gasteiger partial charge on any atom is 0.416 e. The van der Waals surface area contributed by atoms with Crippen molar-refractivity contribution < 1.29 is 22.7 Å². The molecule has 1 unspecified atom stereocenters. The number of hydrogen-bond acceptors (Lipinski definition) is 5. The van der Waals surface area contributed by atoms with Gasteiger partial charge in [-0.25, -0.2) is 9.36 Å². The van der Waals surface area contributed by atoms with E-state index in [1.54, 1.807) is 18.5 Å². The molecule has 11 heteroatoms. The monoisotopic (exact) mass is 421 g/mol. The van der Waals surface area contributed by atoms with Crippen molar-refractivity contribution in [1.29, 1.82) is 0 Å². The third kappa shape index (κ3) is 5.04. The predicted molar refractivity (Wildman–Crippen MR) is 100 cm³/mol. The third-order valence-electron chi connectivity index (χ3n) is 4.13. The lowest BCUT2D eigenvalue weighted by Crippen LogP contribution is -2.38. The molecule has 0 saturated carbocycles. The van der Waals surface area contributed by atoms with E-state index in [0.717, 1.165) is 16.8 Å². The van der Waals surface area contributed by atoms with Gasteiger partial charge in [0.1, 0.15) is 18.4 Å². The molecular formula is C19H18F3N5O3. The van der Waals surface area contributed by atoms with Crippen molar-refractivity contribution >= 4 is 5.91 Å². The SMILES string of the molecule is CC(C(=O)NCCOc1cccc(C(F)(F)F)c1)n1nc(-n2cccn2)ccc1=O. The molecule has 1 N–H and O–H groups in total. The quantitative estimate of drug-likeness (QED) is 0.591. The lowest BCUT2D eigenvalue weighted by Gasteiger charge is -2.15. The van der Waals surface area contributed by atoms with Crippen molar-refractivity contribution in [2.24, 2.45) is 0 Å². The van der Waals surface area contributed by atoms with E-state index >= 15 is 0 Å². The Hall–Kier alpha value is -3.63. The fourth-order valence-corrected chi connectivity index (χ4v) is 2.58. The van der Waals surface area contributed by atoms with E-state index in [9.17, 15) is 22.8 Å². The number of alkyl halides is 3. The lowest BCUT2D eigenvalue weighted by molar-refractivity contribution is -0.137. The van der Waals surface area contributed by atoms with E-state index in [2.05, 4.69) is 15.5 Å². The second-order valence-corrected chi connectivity index (χ2v) is 6.27. The largest absolute Gasteiger partial charge is 0.492 e.